The van der Waals surface area contributed by atoms with E-state index in [0.717, 1.165) is 31.7 Å². The molecule has 0 saturated carbocycles. The van der Waals surface area contributed by atoms with Gasteiger partial charge in [0.1, 0.15) is 6.04 Å². The van der Waals surface area contributed by atoms with E-state index < -0.39 is 22.6 Å². The zero-order chi connectivity index (χ0) is 31.3. The number of carbonyl (C=O) groups is 3. The van der Waals surface area contributed by atoms with E-state index >= 15 is 0 Å². The van der Waals surface area contributed by atoms with Gasteiger partial charge in [-0.2, -0.15) is 0 Å². The molecule has 4 aliphatic heterocycles. The van der Waals surface area contributed by atoms with Crippen LogP contribution in [-0.2, 0) is 19.1 Å². The molecule has 6 atom stereocenters. The van der Waals surface area contributed by atoms with Gasteiger partial charge >= 0.3 is 0 Å². The average molecular weight is 690 g/mol. The van der Waals surface area contributed by atoms with Crippen LogP contribution in [-0.4, -0.2) is 124 Å². The fourth-order valence-corrected chi connectivity index (χ4v) is 11.0. The zero-order valence-electron chi connectivity index (χ0n) is 25.4. The van der Waals surface area contributed by atoms with Gasteiger partial charge in [0.15, 0.2) is 0 Å². The lowest BCUT2D eigenvalue weighted by Crippen LogP contribution is -2.56. The predicted molar refractivity (Wildman–Crippen MR) is 178 cm³/mol. The summed E-state index contributed by atoms with van der Waals surface area (Å²) in [6.45, 7) is 13.3. The van der Waals surface area contributed by atoms with E-state index in [1.54, 1.807) is 33.7 Å². The number of carbonyl (C=O) groups excluding carboxylic acids is 3. The number of aliphatic hydroxyl groups is 1. The van der Waals surface area contributed by atoms with Gasteiger partial charge in [-0.15, -0.1) is 24.9 Å². The predicted octanol–water partition coefficient (Wildman–Crippen LogP) is 3.18. The van der Waals surface area contributed by atoms with Gasteiger partial charge in [-0.25, -0.2) is 0 Å². The summed E-state index contributed by atoms with van der Waals surface area (Å²) in [5.41, 5.74) is 0.768. The highest BCUT2D eigenvalue weighted by Crippen LogP contribution is 2.68. The largest absolute Gasteiger partial charge is 0.396 e. The summed E-state index contributed by atoms with van der Waals surface area (Å²) in [6.07, 6.45) is 6.19. The van der Waals surface area contributed by atoms with Crippen LogP contribution >= 0.6 is 27.7 Å². The lowest BCUT2D eigenvalue weighted by molar-refractivity contribution is -0.142. The maximum Gasteiger partial charge on any atom is 0.247 e. The molecule has 4 fully saturated rings. The first-order chi connectivity index (χ1) is 21.4. The number of morpholine rings is 1. The van der Waals surface area contributed by atoms with Crippen molar-refractivity contribution < 1.29 is 24.2 Å². The molecule has 2 bridgehead atoms. The van der Waals surface area contributed by atoms with E-state index in [1.807, 2.05) is 35.2 Å². The van der Waals surface area contributed by atoms with Crippen molar-refractivity contribution in [3.63, 3.8) is 0 Å². The average Bonchev–Trinajstić information content (AvgIpc) is 3.63. The molecular formula is C33H45BrN4O5S. The first kappa shape index (κ1) is 33.2. The molecule has 1 aromatic rings. The molecule has 44 heavy (non-hydrogen) atoms. The maximum atomic E-state index is 14.7. The lowest BCUT2D eigenvalue weighted by atomic mass is 9.70. The van der Waals surface area contributed by atoms with Crippen molar-refractivity contribution in [1.82, 2.24) is 14.7 Å². The Morgan fingerprint density at radius 1 is 1.07 bits per heavy atom. The number of alkyl halides is 1. The normalized spacial score (nSPS) is 29.5. The molecular weight excluding hydrogens is 644 g/mol. The lowest BCUT2D eigenvalue weighted by Gasteiger charge is -2.39. The van der Waals surface area contributed by atoms with Gasteiger partial charge in [0.05, 0.1) is 29.8 Å². The van der Waals surface area contributed by atoms with Crippen molar-refractivity contribution in [1.29, 1.82) is 0 Å². The molecule has 0 aliphatic carbocycles. The van der Waals surface area contributed by atoms with E-state index in [2.05, 4.69) is 34.0 Å². The third-order valence-electron chi connectivity index (χ3n) is 9.46. The van der Waals surface area contributed by atoms with Crippen molar-refractivity contribution in [3.05, 3.63) is 55.6 Å². The molecule has 1 spiro atoms. The van der Waals surface area contributed by atoms with Crippen LogP contribution in [0.15, 0.2) is 55.6 Å². The minimum absolute atomic E-state index is 0.00213. The second-order valence-corrected chi connectivity index (χ2v) is 14.8. The molecule has 4 aliphatic rings. The van der Waals surface area contributed by atoms with Crippen molar-refractivity contribution in [2.45, 2.75) is 46.5 Å². The number of hydrogen-bond acceptors (Lipinski definition) is 7. The molecule has 11 heteroatoms. The van der Waals surface area contributed by atoms with E-state index in [-0.39, 0.29) is 34.4 Å². The Hall–Kier alpha value is -2.18. The zero-order valence-corrected chi connectivity index (χ0v) is 27.8. The second-order valence-electron chi connectivity index (χ2n) is 12.1. The van der Waals surface area contributed by atoms with Gasteiger partial charge in [-0.3, -0.25) is 19.3 Å². The second kappa shape index (κ2) is 14.9. The monoisotopic (exact) mass is 688 g/mol. The first-order valence-corrected chi connectivity index (χ1v) is 17.6. The van der Waals surface area contributed by atoms with Gasteiger partial charge in [0.2, 0.25) is 17.7 Å². The summed E-state index contributed by atoms with van der Waals surface area (Å²) in [7, 11) is 0. The van der Waals surface area contributed by atoms with Crippen LogP contribution in [0.1, 0.15) is 25.7 Å². The van der Waals surface area contributed by atoms with Gasteiger partial charge < -0.3 is 24.5 Å². The summed E-state index contributed by atoms with van der Waals surface area (Å²) < 4.78 is 4.79. The third-order valence-corrected chi connectivity index (χ3v) is 12.7. The number of nitrogens with zero attached hydrogens (tertiary/aromatic N) is 4. The fraction of sp³-hybridized carbons (Fsp3) is 0.606. The van der Waals surface area contributed by atoms with E-state index in [0.29, 0.717) is 58.7 Å². The molecule has 240 valence electrons. The topological polar surface area (TPSA) is 93.6 Å². The van der Waals surface area contributed by atoms with E-state index in [4.69, 9.17) is 4.74 Å². The number of para-hydroxylation sites is 1. The van der Waals surface area contributed by atoms with Crippen molar-refractivity contribution >= 4 is 51.1 Å². The third kappa shape index (κ3) is 6.40. The summed E-state index contributed by atoms with van der Waals surface area (Å²) in [5, 5.41) is 9.23. The molecule has 4 saturated heterocycles. The number of likely N-dealkylation sites (tertiary alicyclic amines) is 1. The SMILES string of the molecule is C=CCN(CCN1CCOCC1)C(=O)C1N(CCCCCO)C(=O)[C@@H]2[C@H](C(=O)N(CC=C)c3ccccc3)[C@H]3SC12CC3Br. The van der Waals surface area contributed by atoms with Gasteiger partial charge in [0, 0.05) is 68.2 Å². The standard InChI is InChI=1S/C33H45BrN4O5S/c1-3-13-36(17-16-35-18-21-43-22-19-35)32(42)29-33-23-25(34)28(44-33)26(27(33)31(41)38(29)15-9-6-10-20-39)30(40)37(14-4-2)24-11-7-5-8-12-24/h3-5,7-8,11-12,25-29,39H,1-2,6,9-10,13-23H2/t25?,26-,27-,28-,29?,33?/m0/s1. The van der Waals surface area contributed by atoms with Gasteiger partial charge in [-0.1, -0.05) is 46.3 Å². The Labute approximate surface area is 273 Å². The molecule has 9 nitrogen and oxygen atoms in total. The number of anilines is 1. The van der Waals surface area contributed by atoms with Crippen LogP contribution in [0, 0.1) is 11.8 Å². The van der Waals surface area contributed by atoms with Crippen molar-refractivity contribution in [3.8, 4) is 0 Å². The molecule has 3 amide bonds. The van der Waals surface area contributed by atoms with Crippen LogP contribution in [0.3, 0.4) is 0 Å². The molecule has 4 heterocycles. The van der Waals surface area contributed by atoms with Crippen LogP contribution in [0.25, 0.3) is 0 Å². The minimum atomic E-state index is -0.709. The van der Waals surface area contributed by atoms with Gasteiger partial charge in [0.25, 0.3) is 0 Å². The summed E-state index contributed by atoms with van der Waals surface area (Å²) in [6, 6.07) is 8.85. The smallest absolute Gasteiger partial charge is 0.247 e. The highest BCUT2D eigenvalue weighted by molar-refractivity contribution is 9.09. The van der Waals surface area contributed by atoms with Crippen molar-refractivity contribution in [2.24, 2.45) is 11.8 Å². The quantitative estimate of drug-likeness (QED) is 0.172. The number of aliphatic hydroxyl groups excluding tert-OH is 1. The number of ether oxygens (including phenoxy) is 1. The van der Waals surface area contributed by atoms with Crippen LogP contribution in [0.2, 0.25) is 0 Å². The minimum Gasteiger partial charge on any atom is -0.396 e. The first-order valence-electron chi connectivity index (χ1n) is 15.8. The van der Waals surface area contributed by atoms with Gasteiger partial charge in [-0.05, 0) is 37.8 Å². The number of fused-ring (bicyclic) bond motifs is 1. The molecule has 1 N–H and O–H groups in total. The van der Waals surface area contributed by atoms with Crippen LogP contribution in [0.4, 0.5) is 5.69 Å². The number of benzene rings is 1. The summed E-state index contributed by atoms with van der Waals surface area (Å²) in [5.74, 6) is -1.42. The molecule has 1 aromatic carbocycles. The number of thioether (sulfide) groups is 1. The Kier molecular flexibility index (Phi) is 11.3. The summed E-state index contributed by atoms with van der Waals surface area (Å²) in [4.78, 5) is 51.3. The highest BCUT2D eigenvalue weighted by atomic mass is 79.9. The Balaban J connectivity index is 1.47. The number of unbranched alkanes of at least 4 members (excludes halogenated alkanes) is 2. The number of rotatable bonds is 15. The Bertz CT molecular complexity index is 1200. The van der Waals surface area contributed by atoms with E-state index in [9.17, 15) is 19.5 Å². The highest BCUT2D eigenvalue weighted by Gasteiger charge is 2.76. The number of halogens is 1. The molecule has 5 rings (SSSR count). The van der Waals surface area contributed by atoms with Crippen LogP contribution < -0.4 is 4.90 Å². The fourth-order valence-electron chi connectivity index (χ4n) is 7.45. The van der Waals surface area contributed by atoms with Crippen LogP contribution in [0.5, 0.6) is 0 Å². The van der Waals surface area contributed by atoms with Crippen molar-refractivity contribution in [2.75, 3.05) is 70.5 Å². The Morgan fingerprint density at radius 3 is 2.48 bits per heavy atom. The molecule has 0 radical (unpaired) electrons. The Morgan fingerprint density at radius 2 is 1.80 bits per heavy atom. The molecule has 0 aromatic heterocycles. The summed E-state index contributed by atoms with van der Waals surface area (Å²) >= 11 is 5.56. The van der Waals surface area contributed by atoms with E-state index in [1.165, 1.54) is 0 Å². The number of hydrogen-bond donors (Lipinski definition) is 1. The number of amides is 3. The molecule has 3 unspecified atom stereocenters. The maximum absolute atomic E-state index is 14.7.